The zero-order chi connectivity index (χ0) is 34.1. The topological polar surface area (TPSA) is 36.9 Å². The molecule has 0 radical (unpaired) electrons. The maximum atomic E-state index is 7.36. The predicted molar refractivity (Wildman–Crippen MR) is 203 cm³/mol. The van der Waals surface area contributed by atoms with Gasteiger partial charge < -0.3 is 18.3 Å². The summed E-state index contributed by atoms with van der Waals surface area (Å²) < 4.78 is 28.3. The molecule has 0 unspecified atom stereocenters. The molecule has 3 aromatic rings. The Morgan fingerprint density at radius 2 is 1.28 bits per heavy atom. The molecule has 0 N–H and O–H groups in total. The highest BCUT2D eigenvalue weighted by molar-refractivity contribution is 6.99. The Morgan fingerprint density at radius 1 is 0.745 bits per heavy atom. The molecule has 0 fully saturated rings. The number of rotatable bonds is 13. The van der Waals surface area contributed by atoms with Crippen LogP contribution >= 0.6 is 0 Å². The number of hydrogen-bond donors (Lipinski definition) is 0. The third kappa shape index (κ3) is 9.43. The highest BCUT2D eigenvalue weighted by Gasteiger charge is 2.50. The van der Waals surface area contributed by atoms with E-state index in [1.807, 2.05) is 6.07 Å². The monoisotopic (exact) mass is 672 g/mol. The van der Waals surface area contributed by atoms with E-state index in [-0.39, 0.29) is 34.5 Å². The summed E-state index contributed by atoms with van der Waals surface area (Å²) in [5, 5.41) is 2.63. The van der Waals surface area contributed by atoms with Gasteiger partial charge in [-0.2, -0.15) is 0 Å². The second kappa shape index (κ2) is 16.4. The first-order chi connectivity index (χ1) is 22.3. The third-order valence-electron chi connectivity index (χ3n) is 10.2. The summed E-state index contributed by atoms with van der Waals surface area (Å²) in [4.78, 5) is 0. The van der Waals surface area contributed by atoms with Gasteiger partial charge in [-0.3, -0.25) is 0 Å². The van der Waals surface area contributed by atoms with Crippen LogP contribution in [0.3, 0.4) is 0 Å². The van der Waals surface area contributed by atoms with E-state index in [0.717, 1.165) is 25.7 Å². The van der Waals surface area contributed by atoms with E-state index in [1.165, 1.54) is 15.9 Å². The van der Waals surface area contributed by atoms with Crippen LogP contribution in [0, 0.1) is 0 Å². The van der Waals surface area contributed by atoms with Crippen molar-refractivity contribution in [3.05, 3.63) is 109 Å². The van der Waals surface area contributed by atoms with Crippen LogP contribution in [0.2, 0.25) is 23.2 Å². The second-order valence-electron chi connectivity index (χ2n) is 15.6. The van der Waals surface area contributed by atoms with Crippen molar-refractivity contribution in [2.45, 2.75) is 128 Å². The number of hydrogen-bond acceptors (Lipinski definition) is 4. The molecule has 0 spiro atoms. The van der Waals surface area contributed by atoms with Gasteiger partial charge in [0.2, 0.25) is 0 Å². The largest absolute Gasteiger partial charge is 0.411 e. The highest BCUT2D eigenvalue weighted by atomic mass is 28.4. The van der Waals surface area contributed by atoms with Gasteiger partial charge in [-0.25, -0.2) is 0 Å². The third-order valence-corrected chi connectivity index (χ3v) is 19.7. The van der Waals surface area contributed by atoms with Gasteiger partial charge in [0.05, 0.1) is 31.0 Å². The van der Waals surface area contributed by atoms with Crippen molar-refractivity contribution in [2.75, 3.05) is 6.61 Å². The van der Waals surface area contributed by atoms with Gasteiger partial charge in [0.15, 0.2) is 8.32 Å². The van der Waals surface area contributed by atoms with Crippen molar-refractivity contribution in [3.63, 3.8) is 0 Å². The molecule has 4 nitrogen and oxygen atoms in total. The standard InChI is InChI=1S/C41H60O4Si2/c1-10-36(45-46(8,9)40(2,3)4)38-29-21-20-28-37(42-32-33-22-14-11-15-23-33)39(44-38)30-31-43-47(41(5,6)7,34-24-16-12-17-25-34)35-26-18-13-19-27-35/h11-27,36-39H,10,28-32H2,1-9H3/b21-20-/t36-,37+,38-,39+/m1/s1. The lowest BCUT2D eigenvalue weighted by molar-refractivity contribution is -0.137. The molecular formula is C41H60O4Si2. The molecule has 47 heavy (non-hydrogen) atoms. The molecule has 4 rings (SSSR count). The number of benzene rings is 3. The molecular weight excluding hydrogens is 613 g/mol. The van der Waals surface area contributed by atoms with Gasteiger partial charge >= 0.3 is 0 Å². The minimum atomic E-state index is -2.68. The lowest BCUT2D eigenvalue weighted by Gasteiger charge is -2.44. The Kier molecular flexibility index (Phi) is 13.1. The van der Waals surface area contributed by atoms with Crippen LogP contribution in [0.15, 0.2) is 103 Å². The molecule has 4 atom stereocenters. The first-order valence-corrected chi connectivity index (χ1v) is 22.5. The molecule has 0 saturated heterocycles. The van der Waals surface area contributed by atoms with Crippen molar-refractivity contribution in [3.8, 4) is 0 Å². The van der Waals surface area contributed by atoms with E-state index in [1.54, 1.807) is 0 Å². The van der Waals surface area contributed by atoms with Gasteiger partial charge in [-0.1, -0.05) is 152 Å². The van der Waals surface area contributed by atoms with Crippen molar-refractivity contribution in [1.82, 2.24) is 0 Å². The molecule has 1 heterocycles. The van der Waals surface area contributed by atoms with Crippen LogP contribution in [-0.2, 0) is 24.9 Å². The van der Waals surface area contributed by atoms with E-state index in [4.69, 9.17) is 18.3 Å². The minimum Gasteiger partial charge on any atom is -0.411 e. The fourth-order valence-corrected chi connectivity index (χ4v) is 12.5. The van der Waals surface area contributed by atoms with Crippen LogP contribution in [0.5, 0.6) is 0 Å². The zero-order valence-electron chi connectivity index (χ0n) is 30.5. The molecule has 6 heteroatoms. The molecule has 0 aromatic heterocycles. The summed E-state index contributed by atoms with van der Waals surface area (Å²) in [6.45, 7) is 22.0. The smallest absolute Gasteiger partial charge is 0.261 e. The summed E-state index contributed by atoms with van der Waals surface area (Å²) in [6.07, 6.45) is 7.60. The van der Waals surface area contributed by atoms with Crippen LogP contribution in [0.25, 0.3) is 0 Å². The van der Waals surface area contributed by atoms with Crippen molar-refractivity contribution >= 4 is 27.0 Å². The van der Waals surface area contributed by atoms with Gasteiger partial charge in [-0.05, 0) is 64.8 Å². The Balaban J connectivity index is 1.64. The Bertz CT molecular complexity index is 1320. The van der Waals surface area contributed by atoms with Gasteiger partial charge in [0, 0.05) is 6.61 Å². The summed E-state index contributed by atoms with van der Waals surface area (Å²) in [5.41, 5.74) is 1.17. The van der Waals surface area contributed by atoms with Crippen molar-refractivity contribution in [2.24, 2.45) is 0 Å². The fourth-order valence-electron chi connectivity index (χ4n) is 6.49. The second-order valence-corrected chi connectivity index (χ2v) is 24.7. The summed E-state index contributed by atoms with van der Waals surface area (Å²) in [7, 11) is -4.68. The molecule has 1 aliphatic heterocycles. The highest BCUT2D eigenvalue weighted by Crippen LogP contribution is 2.40. The molecule has 256 valence electrons. The van der Waals surface area contributed by atoms with Crippen LogP contribution in [-0.4, -0.2) is 47.7 Å². The molecule has 0 amide bonds. The first-order valence-electron chi connectivity index (χ1n) is 17.7. The molecule has 0 bridgehead atoms. The molecule has 0 saturated carbocycles. The SMILES string of the molecule is CC[C@@H](O[Si](C)(C)C(C)(C)C)[C@H]1C/C=C\C[C@H](OCc2ccccc2)[C@H](CCO[Si](c2ccccc2)(c2ccccc2)C(C)(C)C)O1. The Morgan fingerprint density at radius 3 is 1.79 bits per heavy atom. The molecule has 1 aliphatic rings. The normalized spacial score (nSPS) is 21.1. The van der Waals surface area contributed by atoms with E-state index in [2.05, 4.69) is 159 Å². The summed E-state index contributed by atoms with van der Waals surface area (Å²) in [5.74, 6) is 0. The average Bonchev–Trinajstić information content (AvgIpc) is 3.03. The minimum absolute atomic E-state index is 0.0218. The van der Waals surface area contributed by atoms with E-state index >= 15 is 0 Å². The predicted octanol–water partition coefficient (Wildman–Crippen LogP) is 9.44. The quantitative estimate of drug-likeness (QED) is 0.134. The van der Waals surface area contributed by atoms with E-state index in [9.17, 15) is 0 Å². The van der Waals surface area contributed by atoms with Crippen LogP contribution in [0.1, 0.15) is 79.7 Å². The summed E-state index contributed by atoms with van der Waals surface area (Å²) >= 11 is 0. The van der Waals surface area contributed by atoms with Crippen molar-refractivity contribution in [1.29, 1.82) is 0 Å². The maximum Gasteiger partial charge on any atom is 0.261 e. The zero-order valence-corrected chi connectivity index (χ0v) is 32.5. The maximum absolute atomic E-state index is 7.36. The molecule has 3 aromatic carbocycles. The first kappa shape index (κ1) is 37.5. The lowest BCUT2D eigenvalue weighted by atomic mass is 10.0. The van der Waals surface area contributed by atoms with E-state index < -0.39 is 16.6 Å². The van der Waals surface area contributed by atoms with E-state index in [0.29, 0.717) is 13.2 Å². The Hall–Kier alpha value is -2.33. The lowest BCUT2D eigenvalue weighted by Crippen LogP contribution is -2.66. The number of ether oxygens (including phenoxy) is 2. The Labute approximate surface area is 288 Å². The average molecular weight is 673 g/mol. The summed E-state index contributed by atoms with van der Waals surface area (Å²) in [6, 6.07) is 32.2. The fraction of sp³-hybridized carbons (Fsp3) is 0.512. The van der Waals surface area contributed by atoms with Crippen LogP contribution in [0.4, 0.5) is 0 Å². The molecule has 0 aliphatic carbocycles. The van der Waals surface area contributed by atoms with Gasteiger partial charge in [-0.15, -0.1) is 0 Å². The van der Waals surface area contributed by atoms with Gasteiger partial charge in [0.1, 0.15) is 0 Å². The van der Waals surface area contributed by atoms with Crippen LogP contribution < -0.4 is 10.4 Å². The van der Waals surface area contributed by atoms with Gasteiger partial charge in [0.25, 0.3) is 8.32 Å². The van der Waals surface area contributed by atoms with Crippen molar-refractivity contribution < 1.29 is 18.3 Å².